The number of nitro groups is 1. The molecule has 0 saturated carbocycles. The second-order valence-corrected chi connectivity index (χ2v) is 4.48. The minimum absolute atomic E-state index is 0.117. The van der Waals surface area contributed by atoms with Crippen molar-refractivity contribution in [1.82, 2.24) is 0 Å². The molecule has 7 nitrogen and oxygen atoms in total. The number of carbonyl (C=O) groups excluding carboxylic acids is 1. The molecule has 0 saturated heterocycles. The summed E-state index contributed by atoms with van der Waals surface area (Å²) in [7, 11) is 4.22. The Kier molecular flexibility index (Phi) is 5.60. The maximum atomic E-state index is 13.8. The molecule has 0 radical (unpaired) electrons. The molecule has 1 rings (SSSR count). The number of nitro benzene ring substituents is 1. The number of hydrogen-bond donors (Lipinski definition) is 0. The first-order chi connectivity index (χ1) is 9.83. The van der Waals surface area contributed by atoms with Crippen molar-refractivity contribution in [3.05, 3.63) is 33.6 Å². The highest BCUT2D eigenvalue weighted by Crippen LogP contribution is 2.31. The average Bonchev–Trinajstić information content (AvgIpc) is 2.45. The van der Waals surface area contributed by atoms with Crippen LogP contribution < -0.4 is 4.90 Å². The Hall–Kier alpha value is -2.22. The van der Waals surface area contributed by atoms with E-state index < -0.39 is 22.4 Å². The summed E-state index contributed by atoms with van der Waals surface area (Å²) in [5, 5.41) is 11.1. The number of hydrogen-bond acceptors (Lipinski definition) is 6. The zero-order valence-electron chi connectivity index (χ0n) is 12.3. The summed E-state index contributed by atoms with van der Waals surface area (Å²) in [6.07, 6.45) is 0. The molecular weight excluding hydrogens is 283 g/mol. The predicted octanol–water partition coefficient (Wildman–Crippen LogP) is 1.99. The van der Waals surface area contributed by atoms with Crippen molar-refractivity contribution >= 4 is 17.3 Å². The third-order valence-corrected chi connectivity index (χ3v) is 3.12. The number of carbonyl (C=O) groups is 1. The van der Waals surface area contributed by atoms with Gasteiger partial charge in [-0.2, -0.15) is 0 Å². The van der Waals surface area contributed by atoms with Crippen LogP contribution in [-0.2, 0) is 9.47 Å². The first-order valence-corrected chi connectivity index (χ1v) is 6.11. The molecule has 1 aromatic carbocycles. The lowest BCUT2D eigenvalue weighted by Crippen LogP contribution is -2.33. The summed E-state index contributed by atoms with van der Waals surface area (Å²) in [5.41, 5.74) is -0.661. The van der Waals surface area contributed by atoms with Crippen LogP contribution in [0.4, 0.5) is 15.8 Å². The van der Waals surface area contributed by atoms with Crippen molar-refractivity contribution in [2.24, 2.45) is 0 Å². The van der Waals surface area contributed by atoms with E-state index in [-0.39, 0.29) is 17.3 Å². The van der Waals surface area contributed by atoms with Crippen molar-refractivity contribution in [3.8, 4) is 0 Å². The van der Waals surface area contributed by atoms with E-state index in [1.807, 2.05) is 0 Å². The highest BCUT2D eigenvalue weighted by Gasteiger charge is 2.26. The van der Waals surface area contributed by atoms with Crippen LogP contribution in [0.2, 0.25) is 0 Å². The molecular formula is C13H17FN2O5. The third-order valence-electron chi connectivity index (χ3n) is 3.12. The number of halogens is 1. The fraction of sp³-hybridized carbons (Fsp3) is 0.462. The van der Waals surface area contributed by atoms with Crippen molar-refractivity contribution < 1.29 is 23.6 Å². The molecule has 0 N–H and O–H groups in total. The molecule has 1 unspecified atom stereocenters. The lowest BCUT2D eigenvalue weighted by Gasteiger charge is -2.26. The monoisotopic (exact) mass is 300 g/mol. The predicted molar refractivity (Wildman–Crippen MR) is 74.1 cm³/mol. The van der Waals surface area contributed by atoms with Gasteiger partial charge in [0.25, 0.3) is 5.69 Å². The van der Waals surface area contributed by atoms with E-state index in [1.54, 1.807) is 18.9 Å². The summed E-state index contributed by atoms with van der Waals surface area (Å²) in [6, 6.07) is 1.63. The van der Waals surface area contributed by atoms with Gasteiger partial charge in [0, 0.05) is 20.2 Å². The maximum absolute atomic E-state index is 13.8. The van der Waals surface area contributed by atoms with Gasteiger partial charge in [-0.15, -0.1) is 0 Å². The number of nitrogens with zero attached hydrogens (tertiary/aromatic N) is 2. The molecule has 116 valence electrons. The van der Waals surface area contributed by atoms with E-state index in [1.165, 1.54) is 7.11 Å². The lowest BCUT2D eigenvalue weighted by atomic mass is 10.1. The van der Waals surface area contributed by atoms with Gasteiger partial charge < -0.3 is 14.4 Å². The Bertz CT molecular complexity index is 550. The van der Waals surface area contributed by atoms with Crippen LogP contribution in [0.25, 0.3) is 0 Å². The van der Waals surface area contributed by atoms with Crippen LogP contribution in [0.15, 0.2) is 12.1 Å². The molecule has 0 aliphatic carbocycles. The highest BCUT2D eigenvalue weighted by molar-refractivity contribution is 5.92. The molecule has 0 spiro atoms. The summed E-state index contributed by atoms with van der Waals surface area (Å²) in [5.74, 6) is -1.89. The highest BCUT2D eigenvalue weighted by atomic mass is 19.1. The van der Waals surface area contributed by atoms with E-state index in [2.05, 4.69) is 4.74 Å². The molecule has 0 aromatic heterocycles. The molecule has 0 amide bonds. The lowest BCUT2D eigenvalue weighted by molar-refractivity contribution is -0.384. The van der Waals surface area contributed by atoms with E-state index in [4.69, 9.17) is 4.74 Å². The van der Waals surface area contributed by atoms with Crippen LogP contribution >= 0.6 is 0 Å². The smallest absolute Gasteiger partial charge is 0.340 e. The molecule has 0 aliphatic rings. The van der Waals surface area contributed by atoms with Crippen LogP contribution in [0.1, 0.15) is 17.3 Å². The van der Waals surface area contributed by atoms with Gasteiger partial charge >= 0.3 is 5.97 Å². The van der Waals surface area contributed by atoms with Crippen LogP contribution in [-0.4, -0.2) is 44.8 Å². The maximum Gasteiger partial charge on any atom is 0.340 e. The van der Waals surface area contributed by atoms with Gasteiger partial charge in [0.15, 0.2) is 0 Å². The van der Waals surface area contributed by atoms with E-state index in [9.17, 15) is 19.3 Å². The normalized spacial score (nSPS) is 11.9. The van der Waals surface area contributed by atoms with Gasteiger partial charge in [-0.1, -0.05) is 0 Å². The second kappa shape index (κ2) is 6.98. The number of esters is 1. The standard InChI is InChI=1S/C13H17FN2O5/c1-8(7-20-3)15(2)11-5-9(13(17)21-4)10(14)6-12(11)16(18)19/h5-6,8H,7H2,1-4H3. The number of ether oxygens (including phenoxy) is 2. The zero-order valence-corrected chi connectivity index (χ0v) is 12.3. The Balaban J connectivity index is 3.38. The van der Waals surface area contributed by atoms with Crippen LogP contribution in [0, 0.1) is 15.9 Å². The molecule has 1 atom stereocenters. The van der Waals surface area contributed by atoms with Crippen molar-refractivity contribution in [2.75, 3.05) is 32.8 Å². The average molecular weight is 300 g/mol. The van der Waals surface area contributed by atoms with Crippen molar-refractivity contribution in [2.45, 2.75) is 13.0 Å². The largest absolute Gasteiger partial charge is 0.465 e. The van der Waals surface area contributed by atoms with Gasteiger partial charge in [0.1, 0.15) is 11.5 Å². The molecule has 0 aliphatic heterocycles. The second-order valence-electron chi connectivity index (χ2n) is 4.48. The first kappa shape index (κ1) is 16.8. The Morgan fingerprint density at radius 2 is 2.10 bits per heavy atom. The van der Waals surface area contributed by atoms with E-state index >= 15 is 0 Å². The fourth-order valence-electron chi connectivity index (χ4n) is 1.84. The molecule has 21 heavy (non-hydrogen) atoms. The molecule has 0 heterocycles. The SMILES string of the molecule is COCC(C)N(C)c1cc(C(=O)OC)c(F)cc1[N+](=O)[O-]. The summed E-state index contributed by atoms with van der Waals surface area (Å²) < 4.78 is 23.3. The van der Waals surface area contributed by atoms with Crippen LogP contribution in [0.5, 0.6) is 0 Å². The van der Waals surface area contributed by atoms with Gasteiger partial charge in [-0.25, -0.2) is 9.18 Å². The van der Waals surface area contributed by atoms with Crippen molar-refractivity contribution in [1.29, 1.82) is 0 Å². The number of rotatable bonds is 6. The minimum Gasteiger partial charge on any atom is -0.465 e. The molecule has 8 heteroatoms. The van der Waals surface area contributed by atoms with Crippen LogP contribution in [0.3, 0.4) is 0 Å². The minimum atomic E-state index is -0.995. The summed E-state index contributed by atoms with van der Waals surface area (Å²) in [4.78, 5) is 23.4. The molecule has 0 fully saturated rings. The van der Waals surface area contributed by atoms with E-state index in [0.29, 0.717) is 6.61 Å². The quantitative estimate of drug-likeness (QED) is 0.454. The Morgan fingerprint density at radius 3 is 2.57 bits per heavy atom. The van der Waals surface area contributed by atoms with Gasteiger partial charge in [0.2, 0.25) is 0 Å². The molecule has 1 aromatic rings. The summed E-state index contributed by atoms with van der Waals surface area (Å²) in [6.45, 7) is 2.10. The van der Waals surface area contributed by atoms with E-state index in [0.717, 1.165) is 19.2 Å². The van der Waals surface area contributed by atoms with Gasteiger partial charge in [0.05, 0.1) is 30.3 Å². The third kappa shape index (κ3) is 3.66. The van der Waals surface area contributed by atoms with Crippen molar-refractivity contribution in [3.63, 3.8) is 0 Å². The number of methoxy groups -OCH3 is 2. The Labute approximate surface area is 121 Å². The van der Waals surface area contributed by atoms with Gasteiger partial charge in [-0.3, -0.25) is 10.1 Å². The fourth-order valence-corrected chi connectivity index (χ4v) is 1.84. The van der Waals surface area contributed by atoms with Gasteiger partial charge in [-0.05, 0) is 13.0 Å². The molecule has 0 bridgehead atoms. The number of benzene rings is 1. The zero-order chi connectivity index (χ0) is 16.2. The number of likely N-dealkylation sites (N-methyl/N-ethyl adjacent to an activating group) is 1. The first-order valence-electron chi connectivity index (χ1n) is 6.11. The summed E-state index contributed by atoms with van der Waals surface area (Å²) >= 11 is 0. The number of anilines is 1. The topological polar surface area (TPSA) is 81.9 Å². The Morgan fingerprint density at radius 1 is 1.48 bits per heavy atom.